The standard InChI is InChI=1S/C17H14O4/c1-11(8-16(18)19)15(17(20)21)10-12-6-7-13-4-2-3-5-14(13)9-12/h2-10H,1H3,(H,18,19)(H,20,21)/b11-8-,15-10-. The highest BCUT2D eigenvalue weighted by Crippen LogP contribution is 2.20. The van der Waals surface area contributed by atoms with Crippen LogP contribution in [0.25, 0.3) is 16.8 Å². The Kier molecular flexibility index (Phi) is 4.18. The maximum absolute atomic E-state index is 11.3. The number of hydrogen-bond donors (Lipinski definition) is 2. The number of benzene rings is 2. The first-order valence-electron chi connectivity index (χ1n) is 6.33. The Hall–Kier alpha value is -2.88. The van der Waals surface area contributed by atoms with E-state index >= 15 is 0 Å². The highest BCUT2D eigenvalue weighted by Gasteiger charge is 2.11. The fourth-order valence-electron chi connectivity index (χ4n) is 2.07. The summed E-state index contributed by atoms with van der Waals surface area (Å²) in [6.07, 6.45) is 2.37. The van der Waals surface area contributed by atoms with Crippen molar-refractivity contribution in [3.8, 4) is 0 Å². The van der Waals surface area contributed by atoms with Gasteiger partial charge in [0.05, 0.1) is 5.57 Å². The molecule has 0 unspecified atom stereocenters. The number of carboxylic acids is 2. The molecule has 0 aliphatic heterocycles. The molecule has 0 radical (unpaired) electrons. The molecule has 0 spiro atoms. The first kappa shape index (κ1) is 14.5. The highest BCUT2D eigenvalue weighted by molar-refractivity contribution is 5.99. The zero-order chi connectivity index (χ0) is 15.4. The topological polar surface area (TPSA) is 74.6 Å². The lowest BCUT2D eigenvalue weighted by molar-refractivity contribution is -0.132. The molecule has 2 aromatic carbocycles. The molecule has 106 valence electrons. The van der Waals surface area contributed by atoms with Gasteiger partial charge in [0.1, 0.15) is 0 Å². The zero-order valence-corrected chi connectivity index (χ0v) is 11.4. The van der Waals surface area contributed by atoms with Crippen LogP contribution in [0.3, 0.4) is 0 Å². The van der Waals surface area contributed by atoms with Gasteiger partial charge in [0, 0.05) is 6.08 Å². The fraction of sp³-hybridized carbons (Fsp3) is 0.0588. The number of aliphatic carboxylic acids is 2. The Morgan fingerprint density at radius 1 is 1.00 bits per heavy atom. The monoisotopic (exact) mass is 282 g/mol. The van der Waals surface area contributed by atoms with Crippen molar-refractivity contribution in [3.63, 3.8) is 0 Å². The molecule has 0 saturated carbocycles. The van der Waals surface area contributed by atoms with Gasteiger partial charge in [-0.1, -0.05) is 36.4 Å². The van der Waals surface area contributed by atoms with Crippen LogP contribution in [0.2, 0.25) is 0 Å². The molecule has 0 amide bonds. The predicted molar refractivity (Wildman–Crippen MR) is 81.0 cm³/mol. The smallest absolute Gasteiger partial charge is 0.335 e. The van der Waals surface area contributed by atoms with Crippen LogP contribution in [-0.4, -0.2) is 22.2 Å². The summed E-state index contributed by atoms with van der Waals surface area (Å²) < 4.78 is 0. The van der Waals surface area contributed by atoms with Gasteiger partial charge in [-0.15, -0.1) is 0 Å². The van der Waals surface area contributed by atoms with Crippen molar-refractivity contribution in [1.82, 2.24) is 0 Å². The van der Waals surface area contributed by atoms with Gasteiger partial charge in [-0.2, -0.15) is 0 Å². The molecule has 2 rings (SSSR count). The molecule has 0 bridgehead atoms. The van der Waals surface area contributed by atoms with Crippen LogP contribution in [0, 0.1) is 0 Å². The number of fused-ring (bicyclic) bond motifs is 1. The van der Waals surface area contributed by atoms with Crippen LogP contribution in [0.5, 0.6) is 0 Å². The Labute approximate surface area is 121 Å². The molecular weight excluding hydrogens is 268 g/mol. The van der Waals surface area contributed by atoms with Crippen molar-refractivity contribution < 1.29 is 19.8 Å². The van der Waals surface area contributed by atoms with E-state index in [1.807, 2.05) is 36.4 Å². The SMILES string of the molecule is CC(=C/C(=O)O)/C(=C/c1ccc2ccccc2c1)C(=O)O. The minimum absolute atomic E-state index is 0.0346. The fourth-order valence-corrected chi connectivity index (χ4v) is 2.07. The van der Waals surface area contributed by atoms with E-state index < -0.39 is 11.9 Å². The van der Waals surface area contributed by atoms with E-state index in [2.05, 4.69) is 0 Å². The second kappa shape index (κ2) is 6.05. The largest absolute Gasteiger partial charge is 0.478 e. The van der Waals surface area contributed by atoms with Crippen LogP contribution < -0.4 is 0 Å². The van der Waals surface area contributed by atoms with Crippen molar-refractivity contribution in [2.75, 3.05) is 0 Å². The molecular formula is C17H14O4. The second-order valence-corrected chi connectivity index (χ2v) is 4.64. The number of carboxylic acid groups (broad SMARTS) is 2. The van der Waals surface area contributed by atoms with Crippen LogP contribution in [0.4, 0.5) is 0 Å². The molecule has 0 aromatic heterocycles. The quantitative estimate of drug-likeness (QED) is 0.666. The third-order valence-corrected chi connectivity index (χ3v) is 3.08. The lowest BCUT2D eigenvalue weighted by Crippen LogP contribution is -2.03. The van der Waals surface area contributed by atoms with Crippen molar-refractivity contribution in [2.45, 2.75) is 6.92 Å². The summed E-state index contributed by atoms with van der Waals surface area (Å²) >= 11 is 0. The van der Waals surface area contributed by atoms with E-state index in [9.17, 15) is 14.7 Å². The van der Waals surface area contributed by atoms with E-state index in [0.717, 1.165) is 16.8 Å². The van der Waals surface area contributed by atoms with Crippen molar-refractivity contribution in [3.05, 3.63) is 65.3 Å². The molecule has 4 nitrogen and oxygen atoms in total. The Morgan fingerprint density at radius 2 is 1.67 bits per heavy atom. The first-order valence-corrected chi connectivity index (χ1v) is 6.33. The van der Waals surface area contributed by atoms with Crippen LogP contribution in [-0.2, 0) is 9.59 Å². The summed E-state index contributed by atoms with van der Waals surface area (Å²) in [5, 5.41) is 20.0. The van der Waals surface area contributed by atoms with Crippen molar-refractivity contribution in [1.29, 1.82) is 0 Å². The molecule has 0 aliphatic carbocycles. The highest BCUT2D eigenvalue weighted by atomic mass is 16.4. The third kappa shape index (κ3) is 3.57. The number of rotatable bonds is 4. The lowest BCUT2D eigenvalue weighted by Gasteiger charge is -2.04. The van der Waals surface area contributed by atoms with Gasteiger partial charge in [0.15, 0.2) is 0 Å². The maximum Gasteiger partial charge on any atom is 0.335 e. The van der Waals surface area contributed by atoms with Gasteiger partial charge in [-0.3, -0.25) is 0 Å². The van der Waals surface area contributed by atoms with Crippen molar-refractivity contribution in [2.24, 2.45) is 0 Å². The summed E-state index contributed by atoms with van der Waals surface area (Å²) in [5.41, 5.74) is 0.875. The Balaban J connectivity index is 2.49. The molecule has 4 heteroatoms. The molecule has 0 saturated heterocycles. The van der Waals surface area contributed by atoms with Gasteiger partial charge in [-0.05, 0) is 41.0 Å². The van der Waals surface area contributed by atoms with Gasteiger partial charge in [-0.25, -0.2) is 9.59 Å². The summed E-state index contributed by atoms with van der Waals surface area (Å²) in [7, 11) is 0. The molecule has 21 heavy (non-hydrogen) atoms. The molecule has 0 heterocycles. The third-order valence-electron chi connectivity index (χ3n) is 3.08. The average Bonchev–Trinajstić information content (AvgIpc) is 2.43. The number of hydrogen-bond acceptors (Lipinski definition) is 2. The summed E-state index contributed by atoms with van der Waals surface area (Å²) in [5.74, 6) is -2.32. The second-order valence-electron chi connectivity index (χ2n) is 4.64. The lowest BCUT2D eigenvalue weighted by atomic mass is 10.0. The number of carbonyl (C=O) groups is 2. The summed E-state index contributed by atoms with van der Waals surface area (Å²) in [6, 6.07) is 13.3. The predicted octanol–water partition coefficient (Wildman–Crippen LogP) is 3.34. The molecule has 0 aliphatic rings. The average molecular weight is 282 g/mol. The summed E-state index contributed by atoms with van der Waals surface area (Å²) in [4.78, 5) is 22.0. The molecule has 2 N–H and O–H groups in total. The van der Waals surface area contributed by atoms with E-state index in [4.69, 9.17) is 5.11 Å². The molecule has 2 aromatic rings. The molecule has 0 atom stereocenters. The van der Waals surface area contributed by atoms with Gasteiger partial charge < -0.3 is 10.2 Å². The van der Waals surface area contributed by atoms with Crippen LogP contribution >= 0.6 is 0 Å². The van der Waals surface area contributed by atoms with E-state index in [-0.39, 0.29) is 11.1 Å². The van der Waals surface area contributed by atoms with E-state index in [1.165, 1.54) is 13.0 Å². The maximum atomic E-state index is 11.3. The molecule has 0 fully saturated rings. The zero-order valence-electron chi connectivity index (χ0n) is 11.4. The minimum Gasteiger partial charge on any atom is -0.478 e. The van der Waals surface area contributed by atoms with Gasteiger partial charge >= 0.3 is 11.9 Å². The van der Waals surface area contributed by atoms with Crippen LogP contribution in [0.15, 0.2) is 59.7 Å². The summed E-state index contributed by atoms with van der Waals surface area (Å²) in [6.45, 7) is 1.47. The van der Waals surface area contributed by atoms with Crippen LogP contribution in [0.1, 0.15) is 12.5 Å². The Bertz CT molecular complexity index is 769. The van der Waals surface area contributed by atoms with E-state index in [0.29, 0.717) is 5.56 Å². The van der Waals surface area contributed by atoms with Gasteiger partial charge in [0.2, 0.25) is 0 Å². The van der Waals surface area contributed by atoms with Crippen molar-refractivity contribution >= 4 is 28.8 Å². The minimum atomic E-state index is -1.17. The van der Waals surface area contributed by atoms with E-state index in [1.54, 1.807) is 6.07 Å². The van der Waals surface area contributed by atoms with Gasteiger partial charge in [0.25, 0.3) is 0 Å². The Morgan fingerprint density at radius 3 is 2.29 bits per heavy atom. The normalized spacial score (nSPS) is 12.4. The first-order chi connectivity index (χ1) is 9.97.